The van der Waals surface area contributed by atoms with Gasteiger partial charge in [-0.3, -0.25) is 0 Å². The number of fused-ring (bicyclic) bond motifs is 3. The van der Waals surface area contributed by atoms with E-state index in [0.29, 0.717) is 22.3 Å². The van der Waals surface area contributed by atoms with Crippen LogP contribution in [0.5, 0.6) is 0 Å². The van der Waals surface area contributed by atoms with Crippen LogP contribution < -0.4 is 5.73 Å². The first kappa shape index (κ1) is 10.5. The number of anilines is 1. The van der Waals surface area contributed by atoms with Gasteiger partial charge in [0.2, 0.25) is 0 Å². The topological polar surface area (TPSA) is 39.2 Å². The van der Waals surface area contributed by atoms with Crippen molar-refractivity contribution in [2.75, 3.05) is 5.73 Å². The maximum absolute atomic E-state index is 8.88. The van der Waals surface area contributed by atoms with Crippen LogP contribution in [0.1, 0.15) is 6.85 Å². The molecule has 0 saturated heterocycles. The SMILES string of the molecule is [2H]c1c(-c2ccccc2)c([2H])c2c(oc3c(N)c([2H])c(-c4ccccc4)c([2H])c32)c1[2H]. The predicted molar refractivity (Wildman–Crippen MR) is 109 cm³/mol. The van der Waals surface area contributed by atoms with Crippen LogP contribution in [-0.4, -0.2) is 0 Å². The highest BCUT2D eigenvalue weighted by Gasteiger charge is 2.13. The van der Waals surface area contributed by atoms with Crippen molar-refractivity contribution in [1.82, 2.24) is 0 Å². The van der Waals surface area contributed by atoms with Crippen molar-refractivity contribution in [2.24, 2.45) is 0 Å². The van der Waals surface area contributed by atoms with E-state index in [1.807, 2.05) is 36.4 Å². The van der Waals surface area contributed by atoms with Crippen molar-refractivity contribution in [3.63, 3.8) is 0 Å². The van der Waals surface area contributed by atoms with Crippen LogP contribution in [0.15, 0.2) is 95.3 Å². The molecule has 1 aromatic heterocycles. The maximum atomic E-state index is 8.88. The van der Waals surface area contributed by atoms with E-state index >= 15 is 0 Å². The van der Waals surface area contributed by atoms with Gasteiger partial charge < -0.3 is 10.2 Å². The van der Waals surface area contributed by atoms with E-state index in [2.05, 4.69) is 0 Å². The second-order valence-corrected chi connectivity index (χ2v) is 6.03. The van der Waals surface area contributed by atoms with Crippen molar-refractivity contribution in [1.29, 1.82) is 0 Å². The summed E-state index contributed by atoms with van der Waals surface area (Å²) in [6.07, 6.45) is 0. The Morgan fingerprint density at radius 1 is 0.654 bits per heavy atom. The molecule has 0 atom stereocenters. The summed E-state index contributed by atoms with van der Waals surface area (Å²) in [4.78, 5) is 0. The van der Waals surface area contributed by atoms with Gasteiger partial charge in [0.25, 0.3) is 0 Å². The van der Waals surface area contributed by atoms with E-state index in [9.17, 15) is 0 Å². The van der Waals surface area contributed by atoms with Gasteiger partial charge in [-0.05, 0) is 46.4 Å². The first-order valence-corrected chi connectivity index (χ1v) is 8.27. The molecule has 5 rings (SSSR count). The Kier molecular flexibility index (Phi) is 2.33. The monoisotopic (exact) mass is 340 g/mol. The summed E-state index contributed by atoms with van der Waals surface area (Å²) in [7, 11) is 0. The van der Waals surface area contributed by atoms with Crippen molar-refractivity contribution in [3.05, 3.63) is 90.9 Å². The molecule has 0 amide bonds. The minimum absolute atomic E-state index is 0.00518. The van der Waals surface area contributed by atoms with E-state index in [1.54, 1.807) is 24.3 Å². The molecule has 1 heterocycles. The summed E-state index contributed by atoms with van der Waals surface area (Å²) >= 11 is 0. The van der Waals surface area contributed by atoms with E-state index in [0.717, 1.165) is 0 Å². The molecule has 5 aromatic rings. The smallest absolute Gasteiger partial charge is 0.158 e. The Balaban J connectivity index is 1.99. The lowest BCUT2D eigenvalue weighted by atomic mass is 9.99. The summed E-state index contributed by atoms with van der Waals surface area (Å²) in [6, 6.07) is 17.8. The number of rotatable bonds is 2. The highest BCUT2D eigenvalue weighted by molar-refractivity contribution is 6.11. The summed E-state index contributed by atoms with van der Waals surface area (Å²) in [5, 5.41) is 0.557. The Morgan fingerprint density at radius 3 is 1.96 bits per heavy atom. The van der Waals surface area contributed by atoms with Gasteiger partial charge in [0, 0.05) is 10.8 Å². The fourth-order valence-corrected chi connectivity index (χ4v) is 3.07. The fourth-order valence-electron chi connectivity index (χ4n) is 3.07. The van der Waals surface area contributed by atoms with Crippen molar-refractivity contribution in [3.8, 4) is 22.3 Å². The third kappa shape index (κ3) is 2.35. The fraction of sp³-hybridized carbons (Fsp3) is 0. The van der Waals surface area contributed by atoms with Crippen molar-refractivity contribution < 1.29 is 11.3 Å². The third-order valence-corrected chi connectivity index (χ3v) is 4.34. The highest BCUT2D eigenvalue weighted by atomic mass is 16.3. The normalized spacial score (nSPS) is 13.9. The van der Waals surface area contributed by atoms with Gasteiger partial charge in [0.1, 0.15) is 5.58 Å². The maximum Gasteiger partial charge on any atom is 0.158 e. The quantitative estimate of drug-likeness (QED) is 0.372. The van der Waals surface area contributed by atoms with Gasteiger partial charge in [-0.2, -0.15) is 0 Å². The summed E-state index contributed by atoms with van der Waals surface area (Å²) in [5.41, 5.74) is 8.39. The number of hydrogen-bond donors (Lipinski definition) is 1. The highest BCUT2D eigenvalue weighted by Crippen LogP contribution is 2.37. The zero-order chi connectivity index (χ0) is 21.9. The minimum atomic E-state index is -0.173. The third-order valence-electron chi connectivity index (χ3n) is 4.34. The minimum Gasteiger partial charge on any atom is -0.454 e. The molecule has 0 aliphatic carbocycles. The van der Waals surface area contributed by atoms with Gasteiger partial charge in [-0.1, -0.05) is 66.7 Å². The molecular formula is C24H17NO. The second-order valence-electron chi connectivity index (χ2n) is 6.03. The molecule has 2 heteroatoms. The van der Waals surface area contributed by atoms with E-state index in [1.165, 1.54) is 0 Å². The van der Waals surface area contributed by atoms with Gasteiger partial charge in [0.15, 0.2) is 5.58 Å². The van der Waals surface area contributed by atoms with Crippen LogP contribution in [0.3, 0.4) is 0 Å². The molecule has 0 aliphatic heterocycles. The van der Waals surface area contributed by atoms with Gasteiger partial charge in [-0.15, -0.1) is 0 Å². The summed E-state index contributed by atoms with van der Waals surface area (Å²) in [5.74, 6) is 0. The molecule has 26 heavy (non-hydrogen) atoms. The van der Waals surface area contributed by atoms with Gasteiger partial charge in [0.05, 0.1) is 12.5 Å². The molecule has 124 valence electrons. The number of nitrogen functional groups attached to an aromatic ring is 1. The van der Waals surface area contributed by atoms with Crippen molar-refractivity contribution >= 4 is 27.6 Å². The van der Waals surface area contributed by atoms with Gasteiger partial charge >= 0.3 is 0 Å². The molecule has 0 saturated carbocycles. The number of nitrogens with two attached hydrogens (primary N) is 1. The molecule has 2 nitrogen and oxygen atoms in total. The van der Waals surface area contributed by atoms with Crippen LogP contribution in [0, 0.1) is 0 Å². The molecule has 0 bridgehead atoms. The molecule has 0 aliphatic rings. The first-order valence-electron chi connectivity index (χ1n) is 10.8. The van der Waals surface area contributed by atoms with Crippen molar-refractivity contribution in [2.45, 2.75) is 0 Å². The Morgan fingerprint density at radius 2 is 1.27 bits per heavy atom. The van der Waals surface area contributed by atoms with Crippen LogP contribution in [0.25, 0.3) is 44.2 Å². The van der Waals surface area contributed by atoms with Crippen LogP contribution >= 0.6 is 0 Å². The van der Waals surface area contributed by atoms with E-state index < -0.39 is 0 Å². The Hall–Kier alpha value is -3.52. The molecular weight excluding hydrogens is 318 g/mol. The Bertz CT molecular complexity index is 1370. The van der Waals surface area contributed by atoms with Crippen LogP contribution in [-0.2, 0) is 0 Å². The lowest BCUT2D eigenvalue weighted by molar-refractivity contribution is 0.670. The lowest BCUT2D eigenvalue weighted by Gasteiger charge is -2.04. The summed E-state index contributed by atoms with van der Waals surface area (Å²) < 4.78 is 49.1. The Labute approximate surface area is 158 Å². The largest absolute Gasteiger partial charge is 0.454 e. The standard InChI is InChI=1S/C24H17NO/c25-22-15-19(17-9-5-2-6-10-17)14-21-20-13-18(16-7-3-1-4-8-16)11-12-23(20)26-24(21)22/h1-15H,25H2/i11D,12D,13D,14D,15D. The molecule has 0 radical (unpaired) electrons. The first-order chi connectivity index (χ1) is 14.9. The predicted octanol–water partition coefficient (Wildman–Crippen LogP) is 6.50. The van der Waals surface area contributed by atoms with E-state index in [-0.39, 0.29) is 57.8 Å². The lowest BCUT2D eigenvalue weighted by Crippen LogP contribution is -1.87. The average molecular weight is 340 g/mol. The van der Waals surface area contributed by atoms with Crippen LogP contribution in [0.2, 0.25) is 0 Å². The number of furan rings is 1. The molecule has 0 unspecified atom stereocenters. The molecule has 2 N–H and O–H groups in total. The number of benzene rings is 4. The summed E-state index contributed by atoms with van der Waals surface area (Å²) in [6.45, 7) is 0. The molecule has 0 fully saturated rings. The number of hydrogen-bond acceptors (Lipinski definition) is 2. The average Bonchev–Trinajstić information content (AvgIpc) is 3.19. The van der Waals surface area contributed by atoms with E-state index in [4.69, 9.17) is 17.0 Å². The second kappa shape index (κ2) is 5.78. The molecule has 0 spiro atoms. The van der Waals surface area contributed by atoms with Gasteiger partial charge in [-0.25, -0.2) is 0 Å². The molecule has 4 aromatic carbocycles. The zero-order valence-corrected chi connectivity index (χ0v) is 13.8. The zero-order valence-electron chi connectivity index (χ0n) is 18.8. The van der Waals surface area contributed by atoms with Crippen LogP contribution in [0.4, 0.5) is 5.69 Å².